The second kappa shape index (κ2) is 7.89. The molecule has 2 aromatic rings. The Morgan fingerprint density at radius 1 is 1.07 bits per heavy atom. The minimum Gasteiger partial charge on any atom is -0.478 e. The summed E-state index contributed by atoms with van der Waals surface area (Å²) in [4.78, 5) is 15.9. The molecule has 1 heterocycles. The van der Waals surface area contributed by atoms with E-state index in [0.29, 0.717) is 18.1 Å². The van der Waals surface area contributed by atoms with E-state index >= 15 is 0 Å². The molecule has 2 aromatic carbocycles. The van der Waals surface area contributed by atoms with Crippen LogP contribution in [0.3, 0.4) is 0 Å². The van der Waals surface area contributed by atoms with E-state index < -0.39 is 16.0 Å². The van der Waals surface area contributed by atoms with Crippen molar-refractivity contribution in [3.05, 3.63) is 52.5 Å². The van der Waals surface area contributed by atoms with Crippen molar-refractivity contribution in [2.75, 3.05) is 47.0 Å². The monoisotopic (exact) mass is 423 g/mol. The van der Waals surface area contributed by atoms with Gasteiger partial charge in [0.05, 0.1) is 17.5 Å². The van der Waals surface area contributed by atoms with Gasteiger partial charge in [0.25, 0.3) is 0 Å². The third kappa shape index (κ3) is 4.69. The van der Waals surface area contributed by atoms with Gasteiger partial charge in [-0.3, -0.25) is 4.72 Å². The number of carboxylic acids is 1. The predicted octanol–water partition coefficient (Wildman–Crippen LogP) is 3.04. The molecule has 0 bridgehead atoms. The van der Waals surface area contributed by atoms with Crippen LogP contribution in [0.15, 0.2) is 36.4 Å². The predicted molar refractivity (Wildman–Crippen MR) is 112 cm³/mol. The molecule has 1 saturated heterocycles. The van der Waals surface area contributed by atoms with Gasteiger partial charge >= 0.3 is 5.97 Å². The van der Waals surface area contributed by atoms with Crippen molar-refractivity contribution in [2.45, 2.75) is 6.92 Å². The largest absolute Gasteiger partial charge is 0.478 e. The summed E-state index contributed by atoms with van der Waals surface area (Å²) in [6.45, 7) is 5.01. The van der Waals surface area contributed by atoms with Crippen molar-refractivity contribution < 1.29 is 18.3 Å². The summed E-state index contributed by atoms with van der Waals surface area (Å²) < 4.78 is 25.2. The number of rotatable bonds is 5. The highest BCUT2D eigenvalue weighted by atomic mass is 35.5. The van der Waals surface area contributed by atoms with Crippen molar-refractivity contribution in [3.8, 4) is 0 Å². The van der Waals surface area contributed by atoms with E-state index in [2.05, 4.69) is 14.5 Å². The second-order valence-corrected chi connectivity index (χ2v) is 9.00. The van der Waals surface area contributed by atoms with Crippen molar-refractivity contribution in [2.24, 2.45) is 0 Å². The van der Waals surface area contributed by atoms with Gasteiger partial charge in [0, 0.05) is 42.6 Å². The van der Waals surface area contributed by atoms with Crippen molar-refractivity contribution in [1.29, 1.82) is 0 Å². The second-order valence-electron chi connectivity index (χ2n) is 6.81. The normalized spacial score (nSPS) is 14.8. The summed E-state index contributed by atoms with van der Waals surface area (Å²) in [5.74, 6) is -1.18. The van der Waals surface area contributed by atoms with Crippen LogP contribution in [0.1, 0.15) is 15.9 Å². The Morgan fingerprint density at radius 2 is 1.71 bits per heavy atom. The lowest BCUT2D eigenvalue weighted by atomic mass is 10.1. The fourth-order valence-corrected chi connectivity index (χ4v) is 4.07. The average Bonchev–Trinajstić information content (AvgIpc) is 2.63. The summed E-state index contributed by atoms with van der Waals surface area (Å²) >= 11 is 6.13. The number of sulfonamides is 1. The number of nitrogens with one attached hydrogen (secondary N) is 1. The fourth-order valence-electron chi connectivity index (χ4n) is 3.32. The molecule has 150 valence electrons. The van der Waals surface area contributed by atoms with Crippen LogP contribution in [0.4, 0.5) is 17.1 Å². The lowest BCUT2D eigenvalue weighted by molar-refractivity contribution is 0.0698. The van der Waals surface area contributed by atoms with Gasteiger partial charge in [-0.25, -0.2) is 13.2 Å². The van der Waals surface area contributed by atoms with Crippen LogP contribution in [0.2, 0.25) is 5.02 Å². The molecular weight excluding hydrogens is 402 g/mol. The highest BCUT2D eigenvalue weighted by molar-refractivity contribution is 7.92. The number of carbonyl (C=O) groups is 1. The van der Waals surface area contributed by atoms with Crippen molar-refractivity contribution in [1.82, 2.24) is 0 Å². The molecular formula is C19H22ClN3O4S. The Balaban J connectivity index is 1.78. The number of nitrogens with zero attached hydrogens (tertiary/aromatic N) is 2. The van der Waals surface area contributed by atoms with Crippen LogP contribution < -0.4 is 14.5 Å². The zero-order chi connectivity index (χ0) is 20.5. The Kier molecular flexibility index (Phi) is 5.71. The van der Waals surface area contributed by atoms with Gasteiger partial charge in [-0.2, -0.15) is 0 Å². The molecule has 2 N–H and O–H groups in total. The number of aryl methyl sites for hydroxylation is 1. The third-order valence-corrected chi connectivity index (χ3v) is 5.51. The molecule has 3 rings (SSSR count). The van der Waals surface area contributed by atoms with E-state index in [1.54, 1.807) is 6.07 Å². The van der Waals surface area contributed by atoms with E-state index in [1.165, 1.54) is 12.1 Å². The zero-order valence-corrected chi connectivity index (χ0v) is 17.2. The number of aromatic carboxylic acids is 1. The van der Waals surface area contributed by atoms with Crippen LogP contribution in [0, 0.1) is 6.92 Å². The molecule has 1 fully saturated rings. The third-order valence-electron chi connectivity index (χ3n) is 4.69. The maximum absolute atomic E-state index is 11.6. The standard InChI is InChI=1S/C19H22ClN3O4S/c1-13-3-4-14(20)11-18(13)23-9-7-22(8-10-23)15-5-6-17(21-28(2,26)27)16(12-15)19(24)25/h3-6,11-12,21H,7-10H2,1-2H3,(H,24,25). The van der Waals surface area contributed by atoms with Crippen LogP contribution in [0.5, 0.6) is 0 Å². The van der Waals surface area contributed by atoms with Crippen molar-refractivity contribution in [3.63, 3.8) is 0 Å². The van der Waals surface area contributed by atoms with Crippen LogP contribution in [0.25, 0.3) is 0 Å². The molecule has 0 saturated carbocycles. The van der Waals surface area contributed by atoms with Gasteiger partial charge in [0.2, 0.25) is 10.0 Å². The van der Waals surface area contributed by atoms with Gasteiger partial charge < -0.3 is 14.9 Å². The highest BCUT2D eigenvalue weighted by Crippen LogP contribution is 2.28. The SMILES string of the molecule is Cc1ccc(Cl)cc1N1CCN(c2ccc(NS(C)(=O)=O)c(C(=O)O)c2)CC1. The highest BCUT2D eigenvalue weighted by Gasteiger charge is 2.21. The lowest BCUT2D eigenvalue weighted by Crippen LogP contribution is -2.46. The molecule has 9 heteroatoms. The molecule has 0 radical (unpaired) electrons. The topological polar surface area (TPSA) is 90.0 Å². The number of piperazine rings is 1. The summed E-state index contributed by atoms with van der Waals surface area (Å²) in [6.07, 6.45) is 0.990. The number of halogens is 1. The van der Waals surface area contributed by atoms with Crippen LogP contribution in [-0.4, -0.2) is 51.9 Å². The van der Waals surface area contributed by atoms with Crippen LogP contribution in [-0.2, 0) is 10.0 Å². The molecule has 7 nitrogen and oxygen atoms in total. The van der Waals surface area contributed by atoms with Gasteiger partial charge in [0.1, 0.15) is 0 Å². The summed E-state index contributed by atoms with van der Waals surface area (Å²) in [7, 11) is -3.56. The molecule has 0 unspecified atom stereocenters. The first-order valence-corrected chi connectivity index (χ1v) is 11.0. The van der Waals surface area contributed by atoms with Gasteiger partial charge in [-0.05, 0) is 42.8 Å². The van der Waals surface area contributed by atoms with Gasteiger partial charge in [0.15, 0.2) is 0 Å². The maximum Gasteiger partial charge on any atom is 0.337 e. The van der Waals surface area contributed by atoms with Crippen LogP contribution >= 0.6 is 11.6 Å². The maximum atomic E-state index is 11.6. The van der Waals surface area contributed by atoms with E-state index in [9.17, 15) is 18.3 Å². The minimum atomic E-state index is -3.56. The summed E-state index contributed by atoms with van der Waals surface area (Å²) in [6, 6.07) is 10.6. The molecule has 1 aliphatic rings. The number of carboxylic acid groups (broad SMARTS) is 1. The summed E-state index contributed by atoms with van der Waals surface area (Å²) in [5.41, 5.74) is 3.00. The van der Waals surface area contributed by atoms with Gasteiger partial charge in [-0.15, -0.1) is 0 Å². The Bertz CT molecular complexity index is 1000. The minimum absolute atomic E-state index is 0.0620. The number of hydrogen-bond acceptors (Lipinski definition) is 5. The smallest absolute Gasteiger partial charge is 0.337 e. The molecule has 28 heavy (non-hydrogen) atoms. The van der Waals surface area contributed by atoms with E-state index in [1.807, 2.05) is 25.1 Å². The van der Waals surface area contributed by atoms with Crippen molar-refractivity contribution >= 4 is 44.7 Å². The Morgan fingerprint density at radius 3 is 2.32 bits per heavy atom. The fraction of sp³-hybridized carbons (Fsp3) is 0.316. The van der Waals surface area contributed by atoms with E-state index in [4.69, 9.17) is 11.6 Å². The van der Waals surface area contributed by atoms with E-state index in [0.717, 1.165) is 36.3 Å². The summed E-state index contributed by atoms with van der Waals surface area (Å²) in [5, 5.41) is 10.2. The first-order valence-electron chi connectivity index (χ1n) is 8.75. The number of anilines is 3. The molecule has 0 aromatic heterocycles. The lowest BCUT2D eigenvalue weighted by Gasteiger charge is -2.38. The molecule has 0 atom stereocenters. The average molecular weight is 424 g/mol. The first-order chi connectivity index (χ1) is 13.1. The quantitative estimate of drug-likeness (QED) is 0.768. The molecule has 0 aliphatic carbocycles. The zero-order valence-electron chi connectivity index (χ0n) is 15.6. The van der Waals surface area contributed by atoms with E-state index in [-0.39, 0.29) is 11.3 Å². The van der Waals surface area contributed by atoms with Gasteiger partial charge in [-0.1, -0.05) is 17.7 Å². The molecule has 0 spiro atoms. The Labute approximate surface area is 169 Å². The Hall–Kier alpha value is -2.45. The number of benzene rings is 2. The first kappa shape index (κ1) is 20.3. The molecule has 1 aliphatic heterocycles. The molecule has 0 amide bonds. The number of hydrogen-bond donors (Lipinski definition) is 2.